The maximum Gasteiger partial charge on any atom is 0.179 e. The number of aromatic nitrogens is 4. The van der Waals surface area contributed by atoms with Gasteiger partial charge in [0.05, 0.1) is 12.8 Å². The van der Waals surface area contributed by atoms with Crippen LogP contribution in [0.25, 0.3) is 11.0 Å². The van der Waals surface area contributed by atoms with Gasteiger partial charge in [-0.3, -0.25) is 0 Å². The van der Waals surface area contributed by atoms with Crippen molar-refractivity contribution in [3.63, 3.8) is 0 Å². The highest BCUT2D eigenvalue weighted by Crippen LogP contribution is 2.33. The summed E-state index contributed by atoms with van der Waals surface area (Å²) < 4.78 is 6.92. The van der Waals surface area contributed by atoms with Gasteiger partial charge in [-0.25, -0.2) is 14.6 Å². The Bertz CT molecular complexity index is 621. The molecule has 0 bridgehead atoms. The van der Waals surface area contributed by atoms with E-state index in [1.807, 2.05) is 6.26 Å². The quantitative estimate of drug-likeness (QED) is 0.496. The normalized spacial score (nSPS) is 30.2. The molecule has 20 heavy (non-hydrogen) atoms. The smallest absolute Gasteiger partial charge is 0.179 e. The third-order valence-electron chi connectivity index (χ3n) is 3.30. The molecular formula is C11H14N4O4S. The Labute approximate surface area is 118 Å². The van der Waals surface area contributed by atoms with Gasteiger partial charge in [0.1, 0.15) is 40.7 Å². The molecule has 3 N–H and O–H groups in total. The summed E-state index contributed by atoms with van der Waals surface area (Å²) in [5.41, 5.74) is 1.26. The molecule has 1 fully saturated rings. The van der Waals surface area contributed by atoms with Crippen molar-refractivity contribution >= 4 is 22.8 Å². The summed E-state index contributed by atoms with van der Waals surface area (Å²) in [7, 11) is 0. The van der Waals surface area contributed by atoms with Crippen LogP contribution in [-0.2, 0) is 4.74 Å². The Morgan fingerprint density at radius 1 is 1.35 bits per heavy atom. The van der Waals surface area contributed by atoms with Gasteiger partial charge in [-0.2, -0.15) is 5.10 Å². The number of thioether (sulfide) groups is 1. The predicted molar refractivity (Wildman–Crippen MR) is 70.1 cm³/mol. The summed E-state index contributed by atoms with van der Waals surface area (Å²) in [6.45, 7) is -0.375. The van der Waals surface area contributed by atoms with Crippen molar-refractivity contribution in [2.45, 2.75) is 29.6 Å². The van der Waals surface area contributed by atoms with Crippen LogP contribution in [0, 0.1) is 0 Å². The van der Waals surface area contributed by atoms with Crippen molar-refractivity contribution in [2.24, 2.45) is 0 Å². The third-order valence-corrected chi connectivity index (χ3v) is 3.99. The lowest BCUT2D eigenvalue weighted by Crippen LogP contribution is -2.33. The molecule has 8 nitrogen and oxygen atoms in total. The van der Waals surface area contributed by atoms with E-state index in [1.165, 1.54) is 22.8 Å². The van der Waals surface area contributed by atoms with Crippen molar-refractivity contribution in [1.82, 2.24) is 19.7 Å². The van der Waals surface area contributed by atoms with Crippen LogP contribution in [-0.4, -0.2) is 66.2 Å². The van der Waals surface area contributed by atoms with E-state index in [0.717, 1.165) is 0 Å². The molecule has 3 rings (SSSR count). The van der Waals surface area contributed by atoms with Gasteiger partial charge < -0.3 is 20.1 Å². The summed E-state index contributed by atoms with van der Waals surface area (Å²) >= 11 is 1.42. The molecule has 1 aliphatic heterocycles. The Hall–Kier alpha value is -1.26. The van der Waals surface area contributed by atoms with Gasteiger partial charge in [0, 0.05) is 0 Å². The van der Waals surface area contributed by atoms with Crippen LogP contribution in [0.15, 0.2) is 17.6 Å². The first-order valence-electron chi connectivity index (χ1n) is 6.02. The number of nitrogens with zero attached hydrogens (tertiary/aromatic N) is 4. The second-order valence-corrected chi connectivity index (χ2v) is 5.23. The summed E-state index contributed by atoms with van der Waals surface area (Å²) in [5, 5.41) is 33.9. The Kier molecular flexibility index (Phi) is 3.61. The van der Waals surface area contributed by atoms with Gasteiger partial charge in [0.2, 0.25) is 0 Å². The number of aliphatic hydroxyl groups excluding tert-OH is 3. The van der Waals surface area contributed by atoms with Crippen LogP contribution in [0.2, 0.25) is 0 Å². The zero-order valence-corrected chi connectivity index (χ0v) is 11.4. The summed E-state index contributed by atoms with van der Waals surface area (Å²) in [6, 6.07) is 0. The van der Waals surface area contributed by atoms with Crippen LogP contribution in [0.4, 0.5) is 0 Å². The van der Waals surface area contributed by atoms with Crippen LogP contribution in [0.3, 0.4) is 0 Å². The SMILES string of the molecule is CSc1ncnc2cnn([C@H]3O[C@@H](CO)[C@@H](O)[C@@H]3O)c12. The topological polar surface area (TPSA) is 114 Å². The number of ether oxygens (including phenoxy) is 1. The molecule has 0 aromatic carbocycles. The molecule has 0 spiro atoms. The molecule has 0 amide bonds. The average Bonchev–Trinajstić information content (AvgIpc) is 3.01. The summed E-state index contributed by atoms with van der Waals surface area (Å²) in [6.07, 6.45) is 0.810. The fourth-order valence-corrected chi connectivity index (χ4v) is 2.83. The molecular weight excluding hydrogens is 284 g/mol. The van der Waals surface area contributed by atoms with Gasteiger partial charge in [-0.1, -0.05) is 0 Å². The lowest BCUT2D eigenvalue weighted by atomic mass is 10.1. The Morgan fingerprint density at radius 2 is 2.15 bits per heavy atom. The first-order valence-corrected chi connectivity index (χ1v) is 7.24. The second-order valence-electron chi connectivity index (χ2n) is 4.43. The fraction of sp³-hybridized carbons (Fsp3) is 0.545. The summed E-state index contributed by atoms with van der Waals surface area (Å²) in [5.74, 6) is 0. The molecule has 1 saturated heterocycles. The van der Waals surface area contributed by atoms with Crippen LogP contribution in [0.1, 0.15) is 6.23 Å². The highest BCUT2D eigenvalue weighted by atomic mass is 32.2. The third kappa shape index (κ3) is 1.98. The van der Waals surface area contributed by atoms with Crippen LogP contribution < -0.4 is 0 Å². The van der Waals surface area contributed by atoms with Crippen LogP contribution >= 0.6 is 11.8 Å². The Morgan fingerprint density at radius 3 is 2.80 bits per heavy atom. The molecule has 2 aromatic heterocycles. The lowest BCUT2D eigenvalue weighted by molar-refractivity contribution is -0.0565. The Balaban J connectivity index is 2.07. The summed E-state index contributed by atoms with van der Waals surface area (Å²) in [4.78, 5) is 8.26. The fourth-order valence-electron chi connectivity index (χ4n) is 2.28. The number of rotatable bonds is 3. The van der Waals surface area contributed by atoms with E-state index in [2.05, 4.69) is 15.1 Å². The highest BCUT2D eigenvalue weighted by Gasteiger charge is 2.44. The second kappa shape index (κ2) is 5.26. The van der Waals surface area contributed by atoms with Gasteiger partial charge in [0.25, 0.3) is 0 Å². The zero-order valence-electron chi connectivity index (χ0n) is 10.6. The van der Waals surface area contributed by atoms with E-state index in [-0.39, 0.29) is 6.61 Å². The molecule has 108 valence electrons. The number of fused-ring (bicyclic) bond motifs is 1. The van der Waals surface area contributed by atoms with Crippen molar-refractivity contribution in [3.05, 3.63) is 12.5 Å². The molecule has 9 heteroatoms. The number of aliphatic hydroxyl groups is 3. The minimum atomic E-state index is -1.18. The van der Waals surface area contributed by atoms with E-state index in [1.54, 1.807) is 6.20 Å². The first-order chi connectivity index (χ1) is 9.67. The maximum atomic E-state index is 10.1. The molecule has 0 unspecified atom stereocenters. The molecule has 4 atom stereocenters. The van der Waals surface area contributed by atoms with Gasteiger partial charge >= 0.3 is 0 Å². The van der Waals surface area contributed by atoms with Crippen molar-refractivity contribution in [2.75, 3.05) is 12.9 Å². The highest BCUT2D eigenvalue weighted by molar-refractivity contribution is 7.98. The standard InChI is InChI=1S/C11H14N4O4S/c1-20-10-7-5(12-4-13-10)2-14-15(7)11-9(18)8(17)6(3-16)19-11/h2,4,6,8-9,11,16-18H,3H2,1H3/t6-,8+,9-,11-/m0/s1. The molecule has 2 aromatic rings. The van der Waals surface area contributed by atoms with Gasteiger partial charge in [-0.15, -0.1) is 11.8 Å². The predicted octanol–water partition coefficient (Wildman–Crippen LogP) is -0.840. The van der Waals surface area contributed by atoms with E-state index in [4.69, 9.17) is 9.84 Å². The van der Waals surface area contributed by atoms with Crippen LogP contribution in [0.5, 0.6) is 0 Å². The van der Waals surface area contributed by atoms with Crippen molar-refractivity contribution in [1.29, 1.82) is 0 Å². The van der Waals surface area contributed by atoms with Gasteiger partial charge in [0.15, 0.2) is 6.23 Å². The monoisotopic (exact) mass is 298 g/mol. The number of hydrogen-bond acceptors (Lipinski definition) is 8. The molecule has 1 aliphatic rings. The van der Waals surface area contributed by atoms with Crippen molar-refractivity contribution in [3.8, 4) is 0 Å². The van der Waals surface area contributed by atoms with E-state index in [9.17, 15) is 10.2 Å². The van der Waals surface area contributed by atoms with E-state index < -0.39 is 24.5 Å². The first kappa shape index (κ1) is 13.7. The van der Waals surface area contributed by atoms with Crippen molar-refractivity contribution < 1.29 is 20.1 Å². The molecule has 0 saturated carbocycles. The molecule has 0 radical (unpaired) electrons. The lowest BCUT2D eigenvalue weighted by Gasteiger charge is -2.16. The maximum absolute atomic E-state index is 10.1. The molecule has 3 heterocycles. The molecule has 0 aliphatic carbocycles. The minimum absolute atomic E-state index is 0.375. The average molecular weight is 298 g/mol. The number of hydrogen-bond donors (Lipinski definition) is 3. The largest absolute Gasteiger partial charge is 0.394 e. The minimum Gasteiger partial charge on any atom is -0.394 e. The van der Waals surface area contributed by atoms with E-state index in [0.29, 0.717) is 16.1 Å². The zero-order chi connectivity index (χ0) is 14.3. The van der Waals surface area contributed by atoms with E-state index >= 15 is 0 Å². The van der Waals surface area contributed by atoms with Gasteiger partial charge in [-0.05, 0) is 6.26 Å².